The van der Waals surface area contributed by atoms with Crippen molar-refractivity contribution in [3.63, 3.8) is 0 Å². The molecule has 3 N–H and O–H groups in total. The first kappa shape index (κ1) is 8.98. The van der Waals surface area contributed by atoms with E-state index in [1.54, 1.807) is 13.0 Å². The van der Waals surface area contributed by atoms with Crippen molar-refractivity contribution in [3.8, 4) is 0 Å². The van der Waals surface area contributed by atoms with Crippen LogP contribution in [0.2, 0.25) is 0 Å². The second-order valence-corrected chi connectivity index (χ2v) is 5.92. The molecule has 0 saturated heterocycles. The van der Waals surface area contributed by atoms with E-state index in [2.05, 4.69) is 6.58 Å². The lowest BCUT2D eigenvalue weighted by Gasteiger charge is -2.16. The number of hydrogen-bond donors (Lipinski definition) is 2. The number of nitrogens with two attached hydrogens (primary N) is 1. The molecule has 1 aliphatic rings. The lowest BCUT2D eigenvalue weighted by atomic mass is 10.4. The van der Waals surface area contributed by atoms with E-state index in [1.165, 1.54) is 0 Å². The van der Waals surface area contributed by atoms with Gasteiger partial charge in [-0.25, -0.2) is 0 Å². The van der Waals surface area contributed by atoms with Crippen molar-refractivity contribution < 1.29 is 9.46 Å². The standard InChI is InChI=1S/C7H14NO2P/c1-3-6-5-7(6,8)11(9,10)4-2/h3,6H,1,4-5,8H2,2H3,(H,9,10)/t6-,7-/m0/s1. The fourth-order valence-electron chi connectivity index (χ4n) is 1.28. The van der Waals surface area contributed by atoms with E-state index in [9.17, 15) is 9.46 Å². The molecule has 0 aromatic carbocycles. The molecule has 1 saturated carbocycles. The summed E-state index contributed by atoms with van der Waals surface area (Å²) in [6, 6.07) is 0. The summed E-state index contributed by atoms with van der Waals surface area (Å²) in [7, 11) is -3.11. The summed E-state index contributed by atoms with van der Waals surface area (Å²) < 4.78 is 11.4. The SMILES string of the molecule is C=C[C@H]1C[C@]1(N)P(=O)(O)CC. The smallest absolute Gasteiger partial charge is 0.220 e. The maximum absolute atomic E-state index is 11.4. The van der Waals surface area contributed by atoms with E-state index in [4.69, 9.17) is 5.73 Å². The molecule has 0 spiro atoms. The van der Waals surface area contributed by atoms with Gasteiger partial charge in [-0.05, 0) is 6.42 Å². The van der Waals surface area contributed by atoms with Crippen LogP contribution in [0.4, 0.5) is 0 Å². The Morgan fingerprint density at radius 2 is 2.55 bits per heavy atom. The summed E-state index contributed by atoms with van der Waals surface area (Å²) >= 11 is 0. The molecule has 0 bridgehead atoms. The summed E-state index contributed by atoms with van der Waals surface area (Å²) in [6.07, 6.45) is 2.53. The Bertz CT molecular complexity index is 228. The van der Waals surface area contributed by atoms with E-state index < -0.39 is 12.6 Å². The number of hydrogen-bond acceptors (Lipinski definition) is 2. The Labute approximate surface area is 66.7 Å². The van der Waals surface area contributed by atoms with Gasteiger partial charge in [0.25, 0.3) is 0 Å². The summed E-state index contributed by atoms with van der Waals surface area (Å²) in [5, 5.41) is -0.844. The van der Waals surface area contributed by atoms with Crippen LogP contribution >= 0.6 is 7.37 Å². The third-order valence-electron chi connectivity index (χ3n) is 2.39. The maximum atomic E-state index is 11.4. The molecule has 1 fully saturated rings. The summed E-state index contributed by atoms with van der Waals surface area (Å²) in [5.41, 5.74) is 5.71. The van der Waals surface area contributed by atoms with E-state index in [0.29, 0.717) is 6.42 Å². The Balaban J connectivity index is 2.78. The van der Waals surface area contributed by atoms with Gasteiger partial charge in [0, 0.05) is 12.1 Å². The second-order valence-electron chi connectivity index (χ2n) is 3.06. The molecule has 3 atom stereocenters. The van der Waals surface area contributed by atoms with E-state index in [-0.39, 0.29) is 12.1 Å². The molecule has 0 aromatic heterocycles. The van der Waals surface area contributed by atoms with E-state index in [1.807, 2.05) is 0 Å². The lowest BCUT2D eigenvalue weighted by Crippen LogP contribution is -2.25. The van der Waals surface area contributed by atoms with Gasteiger partial charge in [-0.3, -0.25) is 4.57 Å². The Morgan fingerprint density at radius 1 is 2.00 bits per heavy atom. The fourth-order valence-corrected chi connectivity index (χ4v) is 2.97. The minimum atomic E-state index is -3.11. The summed E-state index contributed by atoms with van der Waals surface area (Å²) in [5.74, 6) is 0.0401. The summed E-state index contributed by atoms with van der Waals surface area (Å²) in [6.45, 7) is 5.24. The third kappa shape index (κ3) is 1.18. The van der Waals surface area contributed by atoms with Crippen molar-refractivity contribution in [1.29, 1.82) is 0 Å². The molecule has 0 radical (unpaired) electrons. The van der Waals surface area contributed by atoms with Crippen molar-refractivity contribution in [2.75, 3.05) is 6.16 Å². The quantitative estimate of drug-likeness (QED) is 0.499. The molecule has 1 aliphatic carbocycles. The Hall–Kier alpha value is -0.110. The summed E-state index contributed by atoms with van der Waals surface area (Å²) in [4.78, 5) is 9.41. The molecule has 0 aliphatic heterocycles. The first-order valence-corrected chi connectivity index (χ1v) is 5.56. The van der Waals surface area contributed by atoms with Crippen LogP contribution < -0.4 is 5.73 Å². The van der Waals surface area contributed by atoms with Gasteiger partial charge in [-0.15, -0.1) is 6.58 Å². The Kier molecular flexibility index (Phi) is 1.99. The fraction of sp³-hybridized carbons (Fsp3) is 0.714. The molecule has 0 amide bonds. The monoisotopic (exact) mass is 175 g/mol. The van der Waals surface area contributed by atoms with E-state index in [0.717, 1.165) is 0 Å². The van der Waals surface area contributed by atoms with Gasteiger partial charge in [-0.1, -0.05) is 13.0 Å². The topological polar surface area (TPSA) is 63.3 Å². The minimum absolute atomic E-state index is 0.0401. The van der Waals surface area contributed by atoms with Crippen LogP contribution in [0, 0.1) is 5.92 Å². The molecule has 4 heteroatoms. The van der Waals surface area contributed by atoms with Crippen molar-refractivity contribution in [2.45, 2.75) is 18.6 Å². The van der Waals surface area contributed by atoms with Crippen molar-refractivity contribution in [3.05, 3.63) is 12.7 Å². The van der Waals surface area contributed by atoms with Crippen LogP contribution in [-0.2, 0) is 4.57 Å². The molecular formula is C7H14NO2P. The van der Waals surface area contributed by atoms with Crippen LogP contribution in [0.15, 0.2) is 12.7 Å². The van der Waals surface area contributed by atoms with E-state index >= 15 is 0 Å². The van der Waals surface area contributed by atoms with Gasteiger partial charge in [-0.2, -0.15) is 0 Å². The average Bonchev–Trinajstić information content (AvgIpc) is 2.64. The predicted octanol–water partition coefficient (Wildman–Crippen LogP) is 1.14. The van der Waals surface area contributed by atoms with Gasteiger partial charge in [0.1, 0.15) is 5.28 Å². The zero-order chi connectivity index (χ0) is 8.70. The molecule has 0 heterocycles. The van der Waals surface area contributed by atoms with Crippen LogP contribution in [0.3, 0.4) is 0 Å². The highest BCUT2D eigenvalue weighted by Gasteiger charge is 2.60. The molecule has 1 unspecified atom stereocenters. The molecule has 3 nitrogen and oxygen atoms in total. The van der Waals surface area contributed by atoms with Crippen LogP contribution in [-0.4, -0.2) is 16.3 Å². The molecule has 64 valence electrons. The average molecular weight is 175 g/mol. The normalized spacial score (nSPS) is 41.2. The minimum Gasteiger partial charge on any atom is -0.343 e. The number of rotatable bonds is 3. The Morgan fingerprint density at radius 3 is 2.82 bits per heavy atom. The highest BCUT2D eigenvalue weighted by Crippen LogP contribution is 2.67. The van der Waals surface area contributed by atoms with Gasteiger partial charge in [0.05, 0.1) is 0 Å². The van der Waals surface area contributed by atoms with Crippen molar-refractivity contribution >= 4 is 7.37 Å². The zero-order valence-corrected chi connectivity index (χ0v) is 7.55. The van der Waals surface area contributed by atoms with Crippen LogP contribution in [0.25, 0.3) is 0 Å². The third-order valence-corrected chi connectivity index (χ3v) is 5.07. The van der Waals surface area contributed by atoms with Gasteiger partial charge < -0.3 is 10.6 Å². The maximum Gasteiger partial charge on any atom is 0.220 e. The lowest BCUT2D eigenvalue weighted by molar-refractivity contribution is 0.458. The highest BCUT2D eigenvalue weighted by atomic mass is 31.2. The first-order valence-electron chi connectivity index (χ1n) is 3.71. The van der Waals surface area contributed by atoms with Gasteiger partial charge in [0.15, 0.2) is 0 Å². The highest BCUT2D eigenvalue weighted by molar-refractivity contribution is 7.60. The predicted molar refractivity (Wildman–Crippen MR) is 45.6 cm³/mol. The van der Waals surface area contributed by atoms with Crippen molar-refractivity contribution in [1.82, 2.24) is 0 Å². The van der Waals surface area contributed by atoms with Gasteiger partial charge in [0.2, 0.25) is 7.37 Å². The second kappa shape index (κ2) is 2.44. The largest absolute Gasteiger partial charge is 0.343 e. The molecule has 1 rings (SSSR count). The van der Waals surface area contributed by atoms with Gasteiger partial charge >= 0.3 is 0 Å². The first-order chi connectivity index (χ1) is 4.98. The zero-order valence-electron chi connectivity index (χ0n) is 6.66. The van der Waals surface area contributed by atoms with Crippen LogP contribution in [0.1, 0.15) is 13.3 Å². The molecule has 0 aromatic rings. The van der Waals surface area contributed by atoms with Crippen LogP contribution in [0.5, 0.6) is 0 Å². The van der Waals surface area contributed by atoms with Crippen molar-refractivity contribution in [2.24, 2.45) is 11.7 Å². The molecule has 11 heavy (non-hydrogen) atoms. The molecular weight excluding hydrogens is 161 g/mol.